The Morgan fingerprint density at radius 1 is 1.17 bits per heavy atom. The van der Waals surface area contributed by atoms with E-state index in [9.17, 15) is 4.79 Å². The molecule has 0 bridgehead atoms. The Labute approximate surface area is 221 Å². The number of hydrogen-bond donors (Lipinski definition) is 0. The lowest BCUT2D eigenvalue weighted by molar-refractivity contribution is -0.155. The molecule has 4 rings (SSSR count). The zero-order valence-corrected chi connectivity index (χ0v) is 22.8. The van der Waals surface area contributed by atoms with Crippen molar-refractivity contribution in [3.05, 3.63) is 64.7 Å². The number of amides is 1. The van der Waals surface area contributed by atoms with Crippen LogP contribution in [0, 0.1) is 5.92 Å². The second kappa shape index (κ2) is 12.4. The highest BCUT2D eigenvalue weighted by atomic mass is 35.5. The van der Waals surface area contributed by atoms with Gasteiger partial charge in [-0.2, -0.15) is 0 Å². The molecule has 36 heavy (non-hydrogen) atoms. The second-order valence-corrected chi connectivity index (χ2v) is 11.0. The van der Waals surface area contributed by atoms with Crippen LogP contribution in [0.15, 0.2) is 48.5 Å². The minimum absolute atomic E-state index is 0.155. The van der Waals surface area contributed by atoms with Gasteiger partial charge in [0.15, 0.2) is 5.60 Å². The van der Waals surface area contributed by atoms with E-state index >= 15 is 0 Å². The Morgan fingerprint density at radius 2 is 1.92 bits per heavy atom. The highest BCUT2D eigenvalue weighted by molar-refractivity contribution is 6.31. The van der Waals surface area contributed by atoms with E-state index in [4.69, 9.17) is 21.1 Å². The number of unbranched alkanes of at least 4 members (excludes halogenated alkanes) is 1. The van der Waals surface area contributed by atoms with E-state index in [0.717, 1.165) is 73.5 Å². The van der Waals surface area contributed by atoms with Gasteiger partial charge in [-0.05, 0) is 88.7 Å². The molecular formula is C30H41ClN2O3. The summed E-state index contributed by atoms with van der Waals surface area (Å²) < 4.78 is 12.1. The zero-order chi connectivity index (χ0) is 25.5. The van der Waals surface area contributed by atoms with E-state index in [1.165, 1.54) is 6.42 Å². The lowest BCUT2D eigenvalue weighted by atomic mass is 9.86. The molecule has 0 aromatic heterocycles. The van der Waals surface area contributed by atoms with Gasteiger partial charge in [0.05, 0.1) is 6.61 Å². The number of hydrogen-bond acceptors (Lipinski definition) is 4. The van der Waals surface area contributed by atoms with Gasteiger partial charge in [0.1, 0.15) is 5.75 Å². The topological polar surface area (TPSA) is 42.0 Å². The number of halogens is 1. The highest BCUT2D eigenvalue weighted by Crippen LogP contribution is 2.39. The number of rotatable bonds is 10. The lowest BCUT2D eigenvalue weighted by Crippen LogP contribution is -2.49. The summed E-state index contributed by atoms with van der Waals surface area (Å²) in [6.07, 6.45) is 7.20. The number of nitrogens with zero attached hydrogens (tertiary/aromatic N) is 2. The largest absolute Gasteiger partial charge is 0.494 e. The third kappa shape index (κ3) is 6.24. The minimum Gasteiger partial charge on any atom is -0.494 e. The van der Waals surface area contributed by atoms with E-state index in [1.54, 1.807) is 0 Å². The van der Waals surface area contributed by atoms with Gasteiger partial charge in [0.2, 0.25) is 0 Å². The van der Waals surface area contributed by atoms with Gasteiger partial charge in [-0.3, -0.25) is 4.79 Å². The molecule has 196 valence electrons. The Kier molecular flexibility index (Phi) is 9.32. The van der Waals surface area contributed by atoms with Crippen molar-refractivity contribution < 1.29 is 14.3 Å². The summed E-state index contributed by atoms with van der Waals surface area (Å²) in [6, 6.07) is 16.3. The summed E-state index contributed by atoms with van der Waals surface area (Å²) in [7, 11) is 4.11. The Balaban J connectivity index is 1.18. The lowest BCUT2D eigenvalue weighted by Gasteiger charge is -2.38. The molecule has 2 atom stereocenters. The fourth-order valence-electron chi connectivity index (χ4n) is 5.49. The van der Waals surface area contributed by atoms with Crippen LogP contribution in [0.2, 0.25) is 5.02 Å². The fraction of sp³-hybridized carbons (Fsp3) is 0.567. The van der Waals surface area contributed by atoms with Crippen LogP contribution in [0.4, 0.5) is 0 Å². The van der Waals surface area contributed by atoms with Crippen molar-refractivity contribution in [1.29, 1.82) is 0 Å². The molecule has 5 nitrogen and oxygen atoms in total. The number of carbonyl (C=O) groups excluding carboxylic acids is 1. The monoisotopic (exact) mass is 512 g/mol. The molecule has 1 unspecified atom stereocenters. The first-order chi connectivity index (χ1) is 17.4. The summed E-state index contributed by atoms with van der Waals surface area (Å²) in [5.41, 5.74) is 1.34. The Hall–Kier alpha value is -2.08. The first kappa shape index (κ1) is 27.0. The standard InChI is InChI=1S/C30H41ClN2O3/c1-23(32(2)3)27-14-13-26(22-28(27)31)35-20-8-7-10-24-15-18-33(19-16-24)29(34)30(17-9-21-36-30)25-11-5-4-6-12-25/h4-6,11-14,22-24H,7-10,15-21H2,1-3H3/t23?,30-/m1/s1. The summed E-state index contributed by atoms with van der Waals surface area (Å²) >= 11 is 6.49. The molecule has 2 saturated heterocycles. The van der Waals surface area contributed by atoms with Crippen LogP contribution in [0.5, 0.6) is 5.75 Å². The number of likely N-dealkylation sites (tertiary alicyclic amines) is 1. The number of benzene rings is 2. The predicted octanol–water partition coefficient (Wildman–Crippen LogP) is 6.46. The Bertz CT molecular complexity index is 983. The van der Waals surface area contributed by atoms with Gasteiger partial charge < -0.3 is 19.3 Å². The van der Waals surface area contributed by atoms with Gasteiger partial charge in [-0.1, -0.05) is 54.4 Å². The molecule has 2 aromatic carbocycles. The van der Waals surface area contributed by atoms with Gasteiger partial charge in [-0.15, -0.1) is 0 Å². The van der Waals surface area contributed by atoms with Gasteiger partial charge in [-0.25, -0.2) is 0 Å². The predicted molar refractivity (Wildman–Crippen MR) is 146 cm³/mol. The fourth-order valence-corrected chi connectivity index (χ4v) is 5.82. The molecule has 0 saturated carbocycles. The van der Waals surface area contributed by atoms with E-state index in [1.807, 2.05) is 47.4 Å². The SMILES string of the molecule is CC(c1ccc(OCCCCC2CCN(C(=O)[C@]3(c4ccccc4)CCCO3)CC2)cc1Cl)N(C)C. The smallest absolute Gasteiger partial charge is 0.259 e. The first-order valence-electron chi connectivity index (χ1n) is 13.5. The van der Waals surface area contributed by atoms with E-state index in [2.05, 4.69) is 32.0 Å². The summed E-state index contributed by atoms with van der Waals surface area (Å²) in [5.74, 6) is 1.66. The summed E-state index contributed by atoms with van der Waals surface area (Å²) in [6.45, 7) is 5.16. The molecule has 2 aliphatic rings. The molecule has 6 heteroatoms. The number of carbonyl (C=O) groups is 1. The van der Waals surface area contributed by atoms with Crippen LogP contribution >= 0.6 is 11.6 Å². The molecule has 0 aliphatic carbocycles. The van der Waals surface area contributed by atoms with Crippen molar-refractivity contribution in [3.8, 4) is 5.75 Å². The Morgan fingerprint density at radius 3 is 2.56 bits per heavy atom. The summed E-state index contributed by atoms with van der Waals surface area (Å²) in [5, 5.41) is 0.757. The molecule has 0 spiro atoms. The van der Waals surface area contributed by atoms with Crippen molar-refractivity contribution >= 4 is 17.5 Å². The molecular weight excluding hydrogens is 472 g/mol. The van der Waals surface area contributed by atoms with Gasteiger partial charge in [0.25, 0.3) is 5.91 Å². The van der Waals surface area contributed by atoms with E-state index in [-0.39, 0.29) is 11.9 Å². The van der Waals surface area contributed by atoms with Crippen LogP contribution in [0.1, 0.15) is 69.0 Å². The van der Waals surface area contributed by atoms with Crippen molar-refractivity contribution in [3.63, 3.8) is 0 Å². The summed E-state index contributed by atoms with van der Waals surface area (Å²) in [4.78, 5) is 17.7. The maximum Gasteiger partial charge on any atom is 0.259 e. The van der Waals surface area contributed by atoms with Crippen LogP contribution in [-0.2, 0) is 15.1 Å². The number of piperidine rings is 1. The quantitative estimate of drug-likeness (QED) is 0.343. The minimum atomic E-state index is -0.781. The highest BCUT2D eigenvalue weighted by Gasteiger charge is 2.47. The van der Waals surface area contributed by atoms with Crippen LogP contribution in [0.25, 0.3) is 0 Å². The van der Waals surface area contributed by atoms with Crippen LogP contribution in [-0.4, -0.2) is 56.1 Å². The molecule has 0 radical (unpaired) electrons. The zero-order valence-electron chi connectivity index (χ0n) is 22.0. The van der Waals surface area contributed by atoms with Crippen LogP contribution < -0.4 is 4.74 Å². The van der Waals surface area contributed by atoms with Gasteiger partial charge in [0, 0.05) is 30.8 Å². The average molecular weight is 513 g/mol. The first-order valence-corrected chi connectivity index (χ1v) is 13.9. The molecule has 0 N–H and O–H groups in total. The maximum absolute atomic E-state index is 13.6. The molecule has 2 fully saturated rings. The number of ether oxygens (including phenoxy) is 2. The molecule has 1 amide bonds. The normalized spacial score (nSPS) is 21.6. The molecule has 2 heterocycles. The van der Waals surface area contributed by atoms with Crippen molar-refractivity contribution in [2.24, 2.45) is 5.92 Å². The van der Waals surface area contributed by atoms with Crippen molar-refractivity contribution in [2.75, 3.05) is 40.4 Å². The van der Waals surface area contributed by atoms with Crippen molar-refractivity contribution in [1.82, 2.24) is 9.80 Å². The molecule has 2 aliphatic heterocycles. The second-order valence-electron chi connectivity index (χ2n) is 10.5. The third-order valence-electron chi connectivity index (χ3n) is 7.98. The molecule has 2 aromatic rings. The van der Waals surface area contributed by atoms with E-state index < -0.39 is 5.60 Å². The third-order valence-corrected chi connectivity index (χ3v) is 8.31. The van der Waals surface area contributed by atoms with Crippen molar-refractivity contribution in [2.45, 2.75) is 63.5 Å². The maximum atomic E-state index is 13.6. The van der Waals surface area contributed by atoms with Crippen LogP contribution in [0.3, 0.4) is 0 Å². The van der Waals surface area contributed by atoms with Gasteiger partial charge >= 0.3 is 0 Å². The van der Waals surface area contributed by atoms with E-state index in [0.29, 0.717) is 19.1 Å². The average Bonchev–Trinajstić information content (AvgIpc) is 3.40.